The number of hydrogen-bond acceptors (Lipinski definition) is 2. The molecule has 0 bridgehead atoms. The fourth-order valence-corrected chi connectivity index (χ4v) is 13.5. The van der Waals surface area contributed by atoms with Crippen molar-refractivity contribution in [3.63, 3.8) is 0 Å². The van der Waals surface area contributed by atoms with Crippen LogP contribution in [0.4, 0.5) is 17.1 Å². The molecule has 0 fully saturated rings. The van der Waals surface area contributed by atoms with E-state index in [-0.39, 0.29) is 0 Å². The fraction of sp³-hybridized carbons (Fsp3) is 0.0312. The van der Waals surface area contributed by atoms with E-state index in [0.717, 1.165) is 11.4 Å². The van der Waals surface area contributed by atoms with Gasteiger partial charge in [-0.2, -0.15) is 0 Å². The molecule has 0 saturated heterocycles. The minimum Gasteiger partial charge on any atom is -0.310 e. The van der Waals surface area contributed by atoms with Crippen molar-refractivity contribution < 1.29 is 0 Å². The SMILES string of the molecule is c1ccc(-c2ccc(N(c3ccc4c(c3)C(c3ccccc3)(c3ccccc3)c3ccccc3-4)c3cccc4c3C3(c5ccccc5-c5ccccc53)c3c-4sc4ccccc34)cc2)cc1. The summed E-state index contributed by atoms with van der Waals surface area (Å²) < 4.78 is 1.32. The van der Waals surface area contributed by atoms with Crippen molar-refractivity contribution in [2.24, 2.45) is 0 Å². The highest BCUT2D eigenvalue weighted by atomic mass is 32.1. The van der Waals surface area contributed by atoms with Gasteiger partial charge in [-0.1, -0.05) is 212 Å². The number of benzene rings is 10. The van der Waals surface area contributed by atoms with Gasteiger partial charge in [-0.3, -0.25) is 0 Å². The molecule has 14 rings (SSSR count). The lowest BCUT2D eigenvalue weighted by Gasteiger charge is -2.37. The van der Waals surface area contributed by atoms with E-state index in [1.807, 2.05) is 11.3 Å². The van der Waals surface area contributed by atoms with E-state index >= 15 is 0 Å². The standard InChI is InChI=1S/C64H41NS/c1-4-19-42(20-5-1)43-35-37-46(38-36-43)65(47-39-40-51-50-27-10-14-30-54(50)63(57(51)41-47,44-21-6-2-7-22-44)45-23-8-3-9-24-45)58-33-18-29-53-60(58)64(61-52-28-13-17-34-59(52)66-62(53)61)55-31-15-11-25-48(55)49-26-12-16-32-56(49)64/h1-41H. The summed E-state index contributed by atoms with van der Waals surface area (Å²) in [6.45, 7) is 0. The quantitative estimate of drug-likeness (QED) is 0.161. The number of rotatable bonds is 6. The van der Waals surface area contributed by atoms with Crippen LogP contribution in [0.25, 0.3) is 53.9 Å². The summed E-state index contributed by atoms with van der Waals surface area (Å²) in [5, 5.41) is 1.33. The Morgan fingerprint density at radius 2 is 0.803 bits per heavy atom. The summed E-state index contributed by atoms with van der Waals surface area (Å²) in [6.07, 6.45) is 0. The molecule has 1 nitrogen and oxygen atoms in total. The predicted octanol–water partition coefficient (Wildman–Crippen LogP) is 16.7. The Labute approximate surface area is 389 Å². The largest absolute Gasteiger partial charge is 0.310 e. The number of nitrogens with zero attached hydrogens (tertiary/aromatic N) is 1. The normalized spacial score (nSPS) is 14.0. The molecule has 66 heavy (non-hydrogen) atoms. The Kier molecular flexibility index (Phi) is 8.05. The van der Waals surface area contributed by atoms with Gasteiger partial charge >= 0.3 is 0 Å². The molecule has 3 aliphatic rings. The number of hydrogen-bond donors (Lipinski definition) is 0. The third kappa shape index (κ3) is 4.94. The molecule has 10 aromatic carbocycles. The molecule has 308 valence electrons. The van der Waals surface area contributed by atoms with Gasteiger partial charge in [0.25, 0.3) is 0 Å². The van der Waals surface area contributed by atoms with Gasteiger partial charge in [0.1, 0.15) is 0 Å². The summed E-state index contributed by atoms with van der Waals surface area (Å²) in [4.78, 5) is 3.93. The molecule has 1 heterocycles. The summed E-state index contributed by atoms with van der Waals surface area (Å²) >= 11 is 1.94. The van der Waals surface area contributed by atoms with Gasteiger partial charge in [0.2, 0.25) is 0 Å². The fourth-order valence-electron chi connectivity index (χ4n) is 12.2. The van der Waals surface area contributed by atoms with Crippen molar-refractivity contribution in [2.75, 3.05) is 4.90 Å². The molecule has 2 heteroatoms. The maximum atomic E-state index is 2.57. The lowest BCUT2D eigenvalue weighted by Crippen LogP contribution is -2.29. The summed E-state index contributed by atoms with van der Waals surface area (Å²) in [6, 6.07) is 93.1. The van der Waals surface area contributed by atoms with Crippen LogP contribution < -0.4 is 4.90 Å². The second kappa shape index (κ2) is 14.2. The Hall–Kier alpha value is -8.04. The van der Waals surface area contributed by atoms with E-state index < -0.39 is 10.8 Å². The molecule has 0 aliphatic heterocycles. The average molecular weight is 856 g/mol. The van der Waals surface area contributed by atoms with Crippen LogP contribution in [-0.4, -0.2) is 0 Å². The maximum Gasteiger partial charge on any atom is 0.0760 e. The van der Waals surface area contributed by atoms with Gasteiger partial charge in [0, 0.05) is 26.5 Å². The first-order valence-corrected chi connectivity index (χ1v) is 23.7. The molecular formula is C64H41NS. The molecule has 0 amide bonds. The third-order valence-corrected chi connectivity index (χ3v) is 16.0. The van der Waals surface area contributed by atoms with Crippen molar-refractivity contribution in [3.8, 4) is 43.8 Å². The second-order valence-corrected chi connectivity index (χ2v) is 18.9. The first kappa shape index (κ1) is 37.3. The first-order chi connectivity index (χ1) is 32.8. The zero-order valence-electron chi connectivity index (χ0n) is 36.0. The van der Waals surface area contributed by atoms with Gasteiger partial charge in [-0.25, -0.2) is 0 Å². The molecule has 11 aromatic rings. The zero-order chi connectivity index (χ0) is 43.4. The lowest BCUT2D eigenvalue weighted by molar-refractivity contribution is 0.768. The van der Waals surface area contributed by atoms with Crippen LogP contribution in [0.1, 0.15) is 44.5 Å². The van der Waals surface area contributed by atoms with Gasteiger partial charge in [0.05, 0.1) is 16.5 Å². The van der Waals surface area contributed by atoms with Crippen LogP contribution in [0, 0.1) is 0 Å². The molecule has 1 spiro atoms. The topological polar surface area (TPSA) is 3.24 Å². The molecule has 0 radical (unpaired) electrons. The van der Waals surface area contributed by atoms with Crippen LogP contribution in [0.2, 0.25) is 0 Å². The minimum atomic E-state index is -0.554. The monoisotopic (exact) mass is 855 g/mol. The van der Waals surface area contributed by atoms with Crippen molar-refractivity contribution in [2.45, 2.75) is 10.8 Å². The van der Waals surface area contributed by atoms with E-state index in [9.17, 15) is 0 Å². The lowest BCUT2D eigenvalue weighted by atomic mass is 9.67. The number of thiophene rings is 1. The van der Waals surface area contributed by atoms with E-state index in [2.05, 4.69) is 254 Å². The van der Waals surface area contributed by atoms with E-state index in [1.165, 1.54) is 104 Å². The van der Waals surface area contributed by atoms with Crippen molar-refractivity contribution in [1.29, 1.82) is 0 Å². The Balaban J connectivity index is 1.09. The van der Waals surface area contributed by atoms with Gasteiger partial charge in [-0.05, 0) is 120 Å². The maximum absolute atomic E-state index is 2.57. The number of anilines is 3. The molecule has 0 N–H and O–H groups in total. The van der Waals surface area contributed by atoms with Crippen molar-refractivity contribution >= 4 is 38.5 Å². The van der Waals surface area contributed by atoms with Crippen LogP contribution >= 0.6 is 11.3 Å². The van der Waals surface area contributed by atoms with Crippen LogP contribution in [-0.2, 0) is 10.8 Å². The third-order valence-electron chi connectivity index (χ3n) is 14.8. The molecule has 0 unspecified atom stereocenters. The second-order valence-electron chi connectivity index (χ2n) is 17.8. The Bertz CT molecular complexity index is 3610. The predicted molar refractivity (Wildman–Crippen MR) is 276 cm³/mol. The molecule has 3 aliphatic carbocycles. The van der Waals surface area contributed by atoms with E-state index in [0.29, 0.717) is 0 Å². The van der Waals surface area contributed by atoms with E-state index in [1.54, 1.807) is 0 Å². The highest BCUT2D eigenvalue weighted by molar-refractivity contribution is 7.22. The average Bonchev–Trinajstić information content (AvgIpc) is 4.10. The Morgan fingerprint density at radius 3 is 1.44 bits per heavy atom. The highest BCUT2D eigenvalue weighted by Gasteiger charge is 2.55. The molecule has 1 aromatic heterocycles. The van der Waals surface area contributed by atoms with Gasteiger partial charge in [-0.15, -0.1) is 11.3 Å². The smallest absolute Gasteiger partial charge is 0.0760 e. The van der Waals surface area contributed by atoms with Gasteiger partial charge < -0.3 is 4.90 Å². The molecule has 0 atom stereocenters. The van der Waals surface area contributed by atoms with E-state index in [4.69, 9.17) is 0 Å². The highest BCUT2D eigenvalue weighted by Crippen LogP contribution is 2.68. The van der Waals surface area contributed by atoms with Crippen LogP contribution in [0.5, 0.6) is 0 Å². The summed E-state index contributed by atoms with van der Waals surface area (Å²) in [7, 11) is 0. The van der Waals surface area contributed by atoms with Gasteiger partial charge in [0.15, 0.2) is 0 Å². The van der Waals surface area contributed by atoms with Crippen LogP contribution in [0.3, 0.4) is 0 Å². The summed E-state index contributed by atoms with van der Waals surface area (Å²) in [5.41, 5.74) is 21.7. The zero-order valence-corrected chi connectivity index (χ0v) is 36.8. The molecular weight excluding hydrogens is 815 g/mol. The number of fused-ring (bicyclic) bond motifs is 15. The first-order valence-electron chi connectivity index (χ1n) is 22.9. The van der Waals surface area contributed by atoms with Crippen molar-refractivity contribution in [1.82, 2.24) is 0 Å². The van der Waals surface area contributed by atoms with Crippen molar-refractivity contribution in [3.05, 3.63) is 293 Å². The van der Waals surface area contributed by atoms with Crippen LogP contribution in [0.15, 0.2) is 249 Å². The Morgan fingerprint density at radius 1 is 0.318 bits per heavy atom. The minimum absolute atomic E-state index is 0.542. The molecule has 0 saturated carbocycles. The summed E-state index contributed by atoms with van der Waals surface area (Å²) in [5.74, 6) is 0.